The lowest BCUT2D eigenvalue weighted by Crippen LogP contribution is -2.45. The first-order valence-corrected chi connectivity index (χ1v) is 5.83. The summed E-state index contributed by atoms with van der Waals surface area (Å²) < 4.78 is 4.63. The van der Waals surface area contributed by atoms with Gasteiger partial charge >= 0.3 is 5.97 Å². The van der Waals surface area contributed by atoms with E-state index in [0.29, 0.717) is 5.02 Å². The highest BCUT2D eigenvalue weighted by atomic mass is 35.5. The van der Waals surface area contributed by atoms with Gasteiger partial charge in [-0.05, 0) is 18.1 Å². The first kappa shape index (κ1) is 14.4. The highest BCUT2D eigenvalue weighted by molar-refractivity contribution is 6.30. The molecule has 0 saturated carbocycles. The molecule has 18 heavy (non-hydrogen) atoms. The molecule has 1 amide bonds. The maximum absolute atomic E-state index is 11.9. The number of rotatable bonds is 4. The third-order valence-electron chi connectivity index (χ3n) is 2.36. The number of pyridine rings is 1. The number of nitrogens with one attached hydrogen (secondary N) is 1. The second-order valence-electron chi connectivity index (χ2n) is 4.08. The number of hydrogen-bond acceptors (Lipinski definition) is 4. The van der Waals surface area contributed by atoms with Crippen molar-refractivity contribution in [3.63, 3.8) is 0 Å². The fourth-order valence-corrected chi connectivity index (χ4v) is 1.53. The van der Waals surface area contributed by atoms with Crippen molar-refractivity contribution in [1.82, 2.24) is 10.3 Å². The molecule has 0 saturated heterocycles. The van der Waals surface area contributed by atoms with Gasteiger partial charge in [-0.2, -0.15) is 0 Å². The average molecular weight is 271 g/mol. The number of amides is 1. The van der Waals surface area contributed by atoms with Crippen molar-refractivity contribution in [3.05, 3.63) is 29.0 Å². The number of hydrogen-bond donors (Lipinski definition) is 1. The highest BCUT2D eigenvalue weighted by Crippen LogP contribution is 2.09. The topological polar surface area (TPSA) is 68.3 Å². The van der Waals surface area contributed by atoms with Crippen molar-refractivity contribution in [2.45, 2.75) is 19.9 Å². The molecule has 0 aromatic carbocycles. The van der Waals surface area contributed by atoms with E-state index in [2.05, 4.69) is 15.0 Å². The number of ether oxygens (including phenoxy) is 1. The lowest BCUT2D eigenvalue weighted by molar-refractivity contribution is -0.144. The molecule has 5 nitrogen and oxygen atoms in total. The van der Waals surface area contributed by atoms with Crippen LogP contribution >= 0.6 is 11.6 Å². The third kappa shape index (κ3) is 3.70. The van der Waals surface area contributed by atoms with Gasteiger partial charge in [-0.15, -0.1) is 0 Å². The fourth-order valence-electron chi connectivity index (χ4n) is 1.37. The summed E-state index contributed by atoms with van der Waals surface area (Å²) in [7, 11) is 1.28. The molecule has 98 valence electrons. The van der Waals surface area contributed by atoms with Crippen LogP contribution in [0.5, 0.6) is 0 Å². The Bertz CT molecular complexity index is 449. The Balaban J connectivity index is 2.82. The van der Waals surface area contributed by atoms with Crippen molar-refractivity contribution in [2.24, 2.45) is 5.92 Å². The zero-order chi connectivity index (χ0) is 13.7. The SMILES string of the molecule is COC(=O)[C@H](NC(=O)c1cc(Cl)ccn1)C(C)C. The molecule has 1 heterocycles. The van der Waals surface area contributed by atoms with Crippen LogP contribution in [0.25, 0.3) is 0 Å². The lowest BCUT2D eigenvalue weighted by atomic mass is 10.0. The standard InChI is InChI=1S/C12H15ClN2O3/c1-7(2)10(12(17)18-3)15-11(16)9-6-8(13)4-5-14-9/h4-7,10H,1-3H3,(H,15,16)/t10-/m1/s1. The summed E-state index contributed by atoms with van der Waals surface area (Å²) in [6.07, 6.45) is 1.43. The van der Waals surface area contributed by atoms with E-state index in [1.807, 2.05) is 13.8 Å². The van der Waals surface area contributed by atoms with E-state index in [9.17, 15) is 9.59 Å². The first-order valence-electron chi connectivity index (χ1n) is 5.46. The van der Waals surface area contributed by atoms with Crippen LogP contribution in [0.1, 0.15) is 24.3 Å². The van der Waals surface area contributed by atoms with Crippen LogP contribution in [-0.2, 0) is 9.53 Å². The van der Waals surface area contributed by atoms with E-state index in [4.69, 9.17) is 11.6 Å². The van der Waals surface area contributed by atoms with Crippen LogP contribution in [0.2, 0.25) is 5.02 Å². The largest absolute Gasteiger partial charge is 0.467 e. The molecular formula is C12H15ClN2O3. The van der Waals surface area contributed by atoms with E-state index in [1.165, 1.54) is 19.4 Å². The molecule has 0 unspecified atom stereocenters. The molecule has 0 aliphatic rings. The molecule has 0 aliphatic carbocycles. The molecule has 0 fully saturated rings. The van der Waals surface area contributed by atoms with Gasteiger partial charge in [-0.25, -0.2) is 4.79 Å². The van der Waals surface area contributed by atoms with E-state index in [-0.39, 0.29) is 11.6 Å². The molecule has 1 N–H and O–H groups in total. The highest BCUT2D eigenvalue weighted by Gasteiger charge is 2.25. The maximum atomic E-state index is 11.9. The van der Waals surface area contributed by atoms with Crippen molar-refractivity contribution < 1.29 is 14.3 Å². The number of nitrogens with zero attached hydrogens (tertiary/aromatic N) is 1. The number of halogens is 1. The van der Waals surface area contributed by atoms with Gasteiger partial charge in [0.05, 0.1) is 7.11 Å². The molecule has 0 aliphatic heterocycles. The monoisotopic (exact) mass is 270 g/mol. The van der Waals surface area contributed by atoms with Gasteiger partial charge in [0.1, 0.15) is 11.7 Å². The maximum Gasteiger partial charge on any atom is 0.328 e. The lowest BCUT2D eigenvalue weighted by Gasteiger charge is -2.19. The second kappa shape index (κ2) is 6.35. The van der Waals surface area contributed by atoms with Crippen LogP contribution in [0.15, 0.2) is 18.3 Å². The van der Waals surface area contributed by atoms with E-state index in [1.54, 1.807) is 6.07 Å². The number of carbonyl (C=O) groups is 2. The Morgan fingerprint density at radius 3 is 2.61 bits per heavy atom. The van der Waals surface area contributed by atoms with Crippen LogP contribution in [-0.4, -0.2) is 30.0 Å². The minimum Gasteiger partial charge on any atom is -0.467 e. The van der Waals surface area contributed by atoms with Crippen LogP contribution in [0, 0.1) is 5.92 Å². The molecule has 1 rings (SSSR count). The second-order valence-corrected chi connectivity index (χ2v) is 4.51. The van der Waals surface area contributed by atoms with E-state index >= 15 is 0 Å². The summed E-state index contributed by atoms with van der Waals surface area (Å²) >= 11 is 5.77. The van der Waals surface area contributed by atoms with Gasteiger partial charge in [-0.1, -0.05) is 25.4 Å². The Labute approximate surface area is 110 Å². The fraction of sp³-hybridized carbons (Fsp3) is 0.417. The van der Waals surface area contributed by atoms with Crippen LogP contribution < -0.4 is 5.32 Å². The Morgan fingerprint density at radius 2 is 2.11 bits per heavy atom. The normalized spacial score (nSPS) is 12.1. The molecule has 1 aromatic heterocycles. The van der Waals surface area contributed by atoms with Gasteiger partial charge < -0.3 is 10.1 Å². The zero-order valence-electron chi connectivity index (χ0n) is 10.4. The number of methoxy groups -OCH3 is 1. The average Bonchev–Trinajstić information content (AvgIpc) is 2.34. The van der Waals surface area contributed by atoms with Gasteiger partial charge in [-0.3, -0.25) is 9.78 Å². The Morgan fingerprint density at radius 1 is 1.44 bits per heavy atom. The minimum absolute atomic E-state index is 0.0828. The molecular weight excluding hydrogens is 256 g/mol. The van der Waals surface area contributed by atoms with Crippen LogP contribution in [0.4, 0.5) is 0 Å². The summed E-state index contributed by atoms with van der Waals surface area (Å²) in [5.41, 5.74) is 0.164. The molecule has 0 spiro atoms. The summed E-state index contributed by atoms with van der Waals surface area (Å²) in [5.74, 6) is -1.03. The molecule has 0 radical (unpaired) electrons. The number of carbonyl (C=O) groups excluding carboxylic acids is 2. The van der Waals surface area contributed by atoms with Crippen molar-refractivity contribution in [2.75, 3.05) is 7.11 Å². The summed E-state index contributed by atoms with van der Waals surface area (Å²) in [6, 6.07) is 2.30. The Hall–Kier alpha value is -1.62. The quantitative estimate of drug-likeness (QED) is 0.845. The van der Waals surface area contributed by atoms with Gasteiger partial charge in [0.2, 0.25) is 0 Å². The van der Waals surface area contributed by atoms with Crippen molar-refractivity contribution in [3.8, 4) is 0 Å². The summed E-state index contributed by atoms with van der Waals surface area (Å²) in [4.78, 5) is 27.3. The van der Waals surface area contributed by atoms with E-state index < -0.39 is 17.9 Å². The van der Waals surface area contributed by atoms with Crippen LogP contribution in [0.3, 0.4) is 0 Å². The van der Waals surface area contributed by atoms with Crippen molar-refractivity contribution >= 4 is 23.5 Å². The number of esters is 1. The van der Waals surface area contributed by atoms with Crippen molar-refractivity contribution in [1.29, 1.82) is 0 Å². The minimum atomic E-state index is -0.705. The zero-order valence-corrected chi connectivity index (χ0v) is 11.2. The van der Waals surface area contributed by atoms with Gasteiger partial charge in [0.25, 0.3) is 5.91 Å². The molecule has 1 atom stereocenters. The molecule has 1 aromatic rings. The summed E-state index contributed by atoms with van der Waals surface area (Å²) in [6.45, 7) is 3.63. The molecule has 0 bridgehead atoms. The Kier molecular flexibility index (Phi) is 5.09. The smallest absolute Gasteiger partial charge is 0.328 e. The molecule has 6 heteroatoms. The summed E-state index contributed by atoms with van der Waals surface area (Å²) in [5, 5.41) is 2.99. The van der Waals surface area contributed by atoms with Gasteiger partial charge in [0.15, 0.2) is 0 Å². The van der Waals surface area contributed by atoms with Gasteiger partial charge in [0, 0.05) is 11.2 Å². The van der Waals surface area contributed by atoms with E-state index in [0.717, 1.165) is 0 Å². The predicted octanol–water partition coefficient (Wildman–Crippen LogP) is 1.66. The first-order chi connectivity index (χ1) is 8.45. The third-order valence-corrected chi connectivity index (χ3v) is 2.60. The predicted molar refractivity (Wildman–Crippen MR) is 67.4 cm³/mol. The number of aromatic nitrogens is 1.